The standard InChI is InChI=1S/C14H27N3O3/c1-10(2)13(3,4)9-16-12(18)14(11(15)17-19)5-7-20-8-6-14/h10,19H,5-9H2,1-4H3,(H2,15,17)(H,16,18). The molecule has 0 saturated carbocycles. The second-order valence-corrected chi connectivity index (χ2v) is 6.51. The van der Waals surface area contributed by atoms with Crippen LogP contribution in [-0.2, 0) is 9.53 Å². The fourth-order valence-electron chi connectivity index (χ4n) is 2.10. The second-order valence-electron chi connectivity index (χ2n) is 6.51. The van der Waals surface area contributed by atoms with Gasteiger partial charge in [0.25, 0.3) is 0 Å². The molecule has 1 aliphatic rings. The summed E-state index contributed by atoms with van der Waals surface area (Å²) in [4.78, 5) is 12.6. The maximum absolute atomic E-state index is 12.6. The molecule has 4 N–H and O–H groups in total. The maximum atomic E-state index is 12.6. The summed E-state index contributed by atoms with van der Waals surface area (Å²) in [6.07, 6.45) is 0.883. The number of oxime groups is 1. The smallest absolute Gasteiger partial charge is 0.234 e. The van der Waals surface area contributed by atoms with E-state index in [0.29, 0.717) is 38.5 Å². The molecule has 0 unspecified atom stereocenters. The summed E-state index contributed by atoms with van der Waals surface area (Å²) >= 11 is 0. The van der Waals surface area contributed by atoms with Gasteiger partial charge in [-0.3, -0.25) is 4.79 Å². The lowest BCUT2D eigenvalue weighted by atomic mass is 9.77. The molecule has 116 valence electrons. The minimum Gasteiger partial charge on any atom is -0.409 e. The molecule has 0 aromatic heterocycles. The van der Waals surface area contributed by atoms with E-state index in [2.05, 4.69) is 38.2 Å². The normalized spacial score (nSPS) is 19.9. The molecule has 0 aromatic rings. The van der Waals surface area contributed by atoms with E-state index in [1.165, 1.54) is 0 Å². The molecule has 1 aliphatic heterocycles. The van der Waals surface area contributed by atoms with Gasteiger partial charge >= 0.3 is 0 Å². The van der Waals surface area contributed by atoms with Crippen molar-refractivity contribution in [1.29, 1.82) is 0 Å². The summed E-state index contributed by atoms with van der Waals surface area (Å²) in [5.74, 6) is 0.239. The van der Waals surface area contributed by atoms with Crippen LogP contribution in [0.5, 0.6) is 0 Å². The summed E-state index contributed by atoms with van der Waals surface area (Å²) in [5, 5.41) is 15.0. The molecule has 1 fully saturated rings. The van der Waals surface area contributed by atoms with Gasteiger partial charge in [0.1, 0.15) is 5.41 Å². The third kappa shape index (κ3) is 3.42. The van der Waals surface area contributed by atoms with Gasteiger partial charge in [0.05, 0.1) is 0 Å². The van der Waals surface area contributed by atoms with E-state index in [-0.39, 0.29) is 17.2 Å². The highest BCUT2D eigenvalue weighted by molar-refractivity contribution is 6.06. The Labute approximate surface area is 120 Å². The SMILES string of the molecule is CC(C)C(C)(C)CNC(=O)C1(C(N)=NO)CCOCC1. The highest BCUT2D eigenvalue weighted by Crippen LogP contribution is 2.32. The van der Waals surface area contributed by atoms with Crippen LogP contribution < -0.4 is 11.1 Å². The molecular weight excluding hydrogens is 258 g/mol. The Morgan fingerprint density at radius 2 is 2.00 bits per heavy atom. The number of nitrogens with zero attached hydrogens (tertiary/aromatic N) is 1. The van der Waals surface area contributed by atoms with Crippen LogP contribution >= 0.6 is 0 Å². The summed E-state index contributed by atoms with van der Waals surface area (Å²) in [5.41, 5.74) is 4.82. The molecule has 0 aromatic carbocycles. The van der Waals surface area contributed by atoms with Crippen molar-refractivity contribution in [3.63, 3.8) is 0 Å². The molecule has 1 amide bonds. The zero-order chi connectivity index (χ0) is 15.4. The fourth-order valence-corrected chi connectivity index (χ4v) is 2.10. The minimum absolute atomic E-state index is 0.00681. The number of amides is 1. The van der Waals surface area contributed by atoms with Gasteiger partial charge < -0.3 is 21.0 Å². The van der Waals surface area contributed by atoms with Crippen LogP contribution in [0, 0.1) is 16.7 Å². The van der Waals surface area contributed by atoms with Crippen molar-refractivity contribution in [3.8, 4) is 0 Å². The third-order valence-corrected chi connectivity index (χ3v) is 4.65. The fraction of sp³-hybridized carbons (Fsp3) is 0.857. The lowest BCUT2D eigenvalue weighted by molar-refractivity contribution is -0.132. The Bertz CT molecular complexity index is 372. The first kappa shape index (κ1) is 16.8. The van der Waals surface area contributed by atoms with Crippen molar-refractivity contribution in [2.75, 3.05) is 19.8 Å². The average molecular weight is 285 g/mol. The Balaban J connectivity index is 2.80. The van der Waals surface area contributed by atoms with Crippen molar-refractivity contribution in [2.24, 2.45) is 27.6 Å². The monoisotopic (exact) mass is 285 g/mol. The predicted octanol–water partition coefficient (Wildman–Crippen LogP) is 1.33. The van der Waals surface area contributed by atoms with Crippen LogP contribution in [0.4, 0.5) is 0 Å². The van der Waals surface area contributed by atoms with E-state index >= 15 is 0 Å². The third-order valence-electron chi connectivity index (χ3n) is 4.65. The van der Waals surface area contributed by atoms with Gasteiger partial charge in [0.15, 0.2) is 5.84 Å². The molecule has 0 atom stereocenters. The molecule has 0 radical (unpaired) electrons. The van der Waals surface area contributed by atoms with E-state index in [0.717, 1.165) is 0 Å². The van der Waals surface area contributed by atoms with Crippen LogP contribution in [0.25, 0.3) is 0 Å². The summed E-state index contributed by atoms with van der Waals surface area (Å²) in [7, 11) is 0. The van der Waals surface area contributed by atoms with Gasteiger partial charge in [-0.25, -0.2) is 0 Å². The summed E-state index contributed by atoms with van der Waals surface area (Å²) in [6.45, 7) is 9.91. The number of hydrogen-bond donors (Lipinski definition) is 3. The topological polar surface area (TPSA) is 96.9 Å². The Kier molecular flexibility index (Phi) is 5.39. The average Bonchev–Trinajstić information content (AvgIpc) is 2.44. The van der Waals surface area contributed by atoms with Crippen LogP contribution in [0.3, 0.4) is 0 Å². The highest BCUT2D eigenvalue weighted by Gasteiger charge is 2.44. The zero-order valence-electron chi connectivity index (χ0n) is 12.9. The van der Waals surface area contributed by atoms with E-state index in [1.807, 2.05) is 0 Å². The van der Waals surface area contributed by atoms with Crippen molar-refractivity contribution in [3.05, 3.63) is 0 Å². The quantitative estimate of drug-likeness (QED) is 0.307. The molecule has 20 heavy (non-hydrogen) atoms. The van der Waals surface area contributed by atoms with Crippen molar-refractivity contribution < 1.29 is 14.7 Å². The molecule has 1 saturated heterocycles. The largest absolute Gasteiger partial charge is 0.409 e. The molecule has 6 nitrogen and oxygen atoms in total. The number of nitrogens with two attached hydrogens (primary N) is 1. The van der Waals surface area contributed by atoms with Crippen LogP contribution in [0.15, 0.2) is 5.16 Å². The zero-order valence-corrected chi connectivity index (χ0v) is 12.9. The number of amidine groups is 1. The lowest BCUT2D eigenvalue weighted by Gasteiger charge is -2.36. The van der Waals surface area contributed by atoms with Crippen LogP contribution in [0.2, 0.25) is 0 Å². The minimum atomic E-state index is -0.944. The number of carbonyl (C=O) groups excluding carboxylic acids is 1. The van der Waals surface area contributed by atoms with Crippen molar-refractivity contribution in [2.45, 2.75) is 40.5 Å². The van der Waals surface area contributed by atoms with Gasteiger partial charge in [-0.1, -0.05) is 32.9 Å². The summed E-state index contributed by atoms with van der Waals surface area (Å²) < 4.78 is 5.28. The molecule has 0 bridgehead atoms. The molecular formula is C14H27N3O3. The maximum Gasteiger partial charge on any atom is 0.234 e. The van der Waals surface area contributed by atoms with E-state index in [1.54, 1.807) is 0 Å². The van der Waals surface area contributed by atoms with E-state index in [4.69, 9.17) is 15.7 Å². The number of hydrogen-bond acceptors (Lipinski definition) is 4. The lowest BCUT2D eigenvalue weighted by Crippen LogP contribution is -2.54. The van der Waals surface area contributed by atoms with Crippen LogP contribution in [-0.4, -0.2) is 36.7 Å². The number of carbonyl (C=O) groups is 1. The number of nitrogens with one attached hydrogen (secondary N) is 1. The van der Waals surface area contributed by atoms with Gasteiger partial charge in [0, 0.05) is 19.8 Å². The second kappa shape index (κ2) is 6.43. The Morgan fingerprint density at radius 1 is 1.45 bits per heavy atom. The van der Waals surface area contributed by atoms with Gasteiger partial charge in [-0.05, 0) is 24.2 Å². The summed E-state index contributed by atoms with van der Waals surface area (Å²) in [6, 6.07) is 0. The first-order valence-corrected chi connectivity index (χ1v) is 7.10. The number of rotatable bonds is 5. The Morgan fingerprint density at radius 3 is 2.45 bits per heavy atom. The first-order chi connectivity index (χ1) is 9.26. The molecule has 6 heteroatoms. The van der Waals surface area contributed by atoms with Gasteiger partial charge in [-0.2, -0.15) is 0 Å². The highest BCUT2D eigenvalue weighted by atomic mass is 16.5. The molecule has 1 heterocycles. The molecule has 0 spiro atoms. The van der Waals surface area contributed by atoms with Crippen molar-refractivity contribution in [1.82, 2.24) is 5.32 Å². The Hall–Kier alpha value is -1.30. The predicted molar refractivity (Wildman–Crippen MR) is 77.5 cm³/mol. The first-order valence-electron chi connectivity index (χ1n) is 7.10. The molecule has 1 rings (SSSR count). The molecule has 0 aliphatic carbocycles. The van der Waals surface area contributed by atoms with Crippen LogP contribution in [0.1, 0.15) is 40.5 Å². The number of ether oxygens (including phenoxy) is 1. The van der Waals surface area contributed by atoms with E-state index in [9.17, 15) is 4.79 Å². The van der Waals surface area contributed by atoms with E-state index < -0.39 is 5.41 Å². The van der Waals surface area contributed by atoms with Gasteiger partial charge in [0.2, 0.25) is 5.91 Å². The van der Waals surface area contributed by atoms with Gasteiger partial charge in [-0.15, -0.1) is 0 Å². The van der Waals surface area contributed by atoms with Crippen molar-refractivity contribution >= 4 is 11.7 Å².